The third-order valence-electron chi connectivity index (χ3n) is 11.4. The van der Waals surface area contributed by atoms with Gasteiger partial charge in [0.2, 0.25) is 11.8 Å². The van der Waals surface area contributed by atoms with E-state index in [9.17, 15) is 33.9 Å². The van der Waals surface area contributed by atoms with Gasteiger partial charge in [0.25, 0.3) is 0 Å². The number of amides is 3. The minimum absolute atomic E-state index is 0.0578. The molecule has 0 unspecified atom stereocenters. The van der Waals surface area contributed by atoms with E-state index in [1.807, 2.05) is 24.3 Å². The molecule has 5 rings (SSSR count). The standard InChI is InChI=1S/C47H60N4O15S/c1-27(52)61-26-37-39(62-28(2)53)40(63-29(3)54)41(64-30(4)55)42(65-37)48-45(67)51(36(44(58)59)22-31-16-10-8-11-17-31)38(56)25-49(34-20-12-9-13-21-34)43(57)35-23-32-18-14-15-19-33(32)24-50(35)46(60)66-47(5,6)7/h8,10-11,14-19,34-37,39-42H,9,12-13,20-26H2,1-7H3,(H,48,67)(H,58,59)/t35-,36-,37+,39+,40-,41+,42+/m0/s1. The summed E-state index contributed by atoms with van der Waals surface area (Å²) in [4.78, 5) is 111. The van der Waals surface area contributed by atoms with Gasteiger partial charge >= 0.3 is 35.9 Å². The smallest absolute Gasteiger partial charge is 0.411 e. The molecule has 2 fully saturated rings. The molecule has 0 aromatic heterocycles. The van der Waals surface area contributed by atoms with Crippen LogP contribution in [-0.4, -0.2) is 140 Å². The molecule has 67 heavy (non-hydrogen) atoms. The summed E-state index contributed by atoms with van der Waals surface area (Å²) in [5.74, 6) is -6.34. The molecule has 2 aromatic rings. The largest absolute Gasteiger partial charge is 0.480 e. The molecule has 364 valence electrons. The highest BCUT2D eigenvalue weighted by Gasteiger charge is 2.53. The Morgan fingerprint density at radius 3 is 1.97 bits per heavy atom. The molecule has 2 heterocycles. The third-order valence-corrected chi connectivity index (χ3v) is 11.7. The van der Waals surface area contributed by atoms with Gasteiger partial charge in [-0.2, -0.15) is 0 Å². The molecule has 20 heteroatoms. The predicted molar refractivity (Wildman–Crippen MR) is 240 cm³/mol. The van der Waals surface area contributed by atoms with E-state index in [4.69, 9.17) is 40.6 Å². The molecule has 3 aliphatic rings. The van der Waals surface area contributed by atoms with Gasteiger partial charge in [-0.25, -0.2) is 9.59 Å². The second-order valence-corrected chi connectivity index (χ2v) is 18.1. The summed E-state index contributed by atoms with van der Waals surface area (Å²) in [6.07, 6.45) is -5.33. The number of fused-ring (bicyclic) bond motifs is 1. The van der Waals surface area contributed by atoms with E-state index in [0.717, 1.165) is 63.0 Å². The summed E-state index contributed by atoms with van der Waals surface area (Å²) >= 11 is 5.89. The maximum Gasteiger partial charge on any atom is 0.411 e. The fourth-order valence-electron chi connectivity index (χ4n) is 8.54. The maximum absolute atomic E-state index is 15.2. The Balaban J connectivity index is 1.58. The number of hydrogen-bond donors (Lipinski definition) is 2. The quantitative estimate of drug-likeness (QED) is 0.155. The van der Waals surface area contributed by atoms with Crippen molar-refractivity contribution >= 4 is 65.1 Å². The SMILES string of the molecule is CC(=O)OC[C@H]1O[C@@H](NC(=S)N(C(=O)CN(C(=O)[C@@H]2Cc3ccccc3CN2C(=O)OC(C)(C)C)C2CCCCC2)[C@@H](Cc2ccccc2)C(=O)O)[C@H](OC(C)=O)[C@@H](OC(C)=O)[C@@H]1OC(C)=O. The monoisotopic (exact) mass is 952 g/mol. The van der Waals surface area contributed by atoms with Gasteiger partial charge in [0, 0.05) is 46.6 Å². The second kappa shape index (κ2) is 23.0. The number of esters is 4. The van der Waals surface area contributed by atoms with Crippen molar-refractivity contribution in [2.75, 3.05) is 13.2 Å². The molecule has 1 saturated heterocycles. The maximum atomic E-state index is 15.2. The zero-order valence-electron chi connectivity index (χ0n) is 38.8. The number of nitrogens with one attached hydrogen (secondary N) is 1. The number of thiocarbonyl (C=S) groups is 1. The van der Waals surface area contributed by atoms with Crippen LogP contribution in [0.25, 0.3) is 0 Å². The predicted octanol–water partition coefficient (Wildman–Crippen LogP) is 3.99. The molecule has 1 saturated carbocycles. The topological polar surface area (TPSA) is 234 Å². The lowest BCUT2D eigenvalue weighted by Crippen LogP contribution is -2.68. The van der Waals surface area contributed by atoms with E-state index >= 15 is 9.59 Å². The number of hydrogen-bond acceptors (Lipinski definition) is 15. The Bertz CT molecular complexity index is 2160. The van der Waals surface area contributed by atoms with Crippen LogP contribution in [0.1, 0.15) is 97.3 Å². The number of ether oxygens (including phenoxy) is 6. The number of carbonyl (C=O) groups is 8. The normalized spacial score (nSPS) is 22.1. The van der Waals surface area contributed by atoms with Crippen LogP contribution >= 0.6 is 12.2 Å². The molecule has 0 radical (unpaired) electrons. The zero-order chi connectivity index (χ0) is 49.2. The Hall–Kier alpha value is -6.15. The number of carboxylic acids is 1. The first-order valence-electron chi connectivity index (χ1n) is 22.2. The minimum Gasteiger partial charge on any atom is -0.480 e. The minimum atomic E-state index is -1.72. The zero-order valence-corrected chi connectivity index (χ0v) is 39.6. The van der Waals surface area contributed by atoms with Gasteiger partial charge in [-0.05, 0) is 62.5 Å². The summed E-state index contributed by atoms with van der Waals surface area (Å²) in [6, 6.07) is 12.6. The number of rotatable bonds is 14. The van der Waals surface area contributed by atoms with E-state index in [2.05, 4.69) is 5.32 Å². The molecule has 1 aliphatic carbocycles. The lowest BCUT2D eigenvalue weighted by Gasteiger charge is -2.45. The molecule has 7 atom stereocenters. The molecule has 3 amide bonds. The van der Waals surface area contributed by atoms with Crippen molar-refractivity contribution in [2.24, 2.45) is 0 Å². The molecule has 0 bridgehead atoms. The average molecular weight is 953 g/mol. The van der Waals surface area contributed by atoms with Crippen LogP contribution in [0.3, 0.4) is 0 Å². The van der Waals surface area contributed by atoms with Crippen LogP contribution in [0.4, 0.5) is 4.79 Å². The first-order valence-corrected chi connectivity index (χ1v) is 22.6. The van der Waals surface area contributed by atoms with Gasteiger partial charge in [0.05, 0.1) is 6.54 Å². The number of aliphatic carboxylic acids is 1. The molecule has 2 aliphatic heterocycles. The Morgan fingerprint density at radius 2 is 1.39 bits per heavy atom. The van der Waals surface area contributed by atoms with Crippen molar-refractivity contribution in [3.8, 4) is 0 Å². The Kier molecular flexibility index (Phi) is 17.8. The average Bonchev–Trinajstić information content (AvgIpc) is 3.25. The third kappa shape index (κ3) is 14.2. The molecular formula is C47H60N4O15S. The van der Waals surface area contributed by atoms with E-state index in [0.29, 0.717) is 18.4 Å². The number of nitrogens with zero attached hydrogens (tertiary/aromatic N) is 3. The van der Waals surface area contributed by atoms with Crippen molar-refractivity contribution in [1.29, 1.82) is 0 Å². The summed E-state index contributed by atoms with van der Waals surface area (Å²) in [7, 11) is 0. The van der Waals surface area contributed by atoms with Crippen molar-refractivity contribution in [3.05, 3.63) is 71.3 Å². The van der Waals surface area contributed by atoms with Crippen LogP contribution in [0.5, 0.6) is 0 Å². The summed E-state index contributed by atoms with van der Waals surface area (Å²) < 4.78 is 33.8. The lowest BCUT2D eigenvalue weighted by molar-refractivity contribution is -0.255. The molecule has 19 nitrogen and oxygen atoms in total. The van der Waals surface area contributed by atoms with Gasteiger partial charge in [-0.1, -0.05) is 73.9 Å². The number of carboxylic acid groups (broad SMARTS) is 1. The Morgan fingerprint density at radius 1 is 0.806 bits per heavy atom. The van der Waals surface area contributed by atoms with Gasteiger partial charge < -0.3 is 43.7 Å². The molecule has 2 aromatic carbocycles. The highest BCUT2D eigenvalue weighted by Crippen LogP contribution is 2.32. The van der Waals surface area contributed by atoms with E-state index < -0.39 is 120 Å². The van der Waals surface area contributed by atoms with Crippen LogP contribution in [-0.2, 0) is 81.4 Å². The van der Waals surface area contributed by atoms with E-state index in [1.54, 1.807) is 51.1 Å². The summed E-state index contributed by atoms with van der Waals surface area (Å²) in [5, 5.41) is 13.1. The highest BCUT2D eigenvalue weighted by atomic mass is 32.1. The molecule has 0 spiro atoms. The van der Waals surface area contributed by atoms with Crippen molar-refractivity contribution < 1.29 is 71.9 Å². The van der Waals surface area contributed by atoms with Gasteiger partial charge in [-0.3, -0.25) is 38.6 Å². The van der Waals surface area contributed by atoms with E-state index in [1.165, 1.54) is 9.80 Å². The lowest BCUT2D eigenvalue weighted by atomic mass is 9.90. The number of benzene rings is 2. The van der Waals surface area contributed by atoms with Gasteiger partial charge in [0.15, 0.2) is 29.7 Å². The fraction of sp³-hybridized carbons (Fsp3) is 0.553. The van der Waals surface area contributed by atoms with Crippen LogP contribution < -0.4 is 5.32 Å². The van der Waals surface area contributed by atoms with Gasteiger partial charge in [-0.15, -0.1) is 0 Å². The highest BCUT2D eigenvalue weighted by molar-refractivity contribution is 7.80. The van der Waals surface area contributed by atoms with Gasteiger partial charge in [0.1, 0.15) is 36.9 Å². The molecular weight excluding hydrogens is 893 g/mol. The molecule has 2 N–H and O–H groups in total. The van der Waals surface area contributed by atoms with E-state index in [-0.39, 0.29) is 19.4 Å². The first kappa shape index (κ1) is 51.8. The fourth-order valence-corrected chi connectivity index (χ4v) is 8.89. The van der Waals surface area contributed by atoms with Crippen molar-refractivity contribution in [2.45, 2.75) is 154 Å². The first-order chi connectivity index (χ1) is 31.6. The van der Waals surface area contributed by atoms with Crippen molar-refractivity contribution in [1.82, 2.24) is 20.0 Å². The second-order valence-electron chi connectivity index (χ2n) is 17.7. The number of carbonyl (C=O) groups excluding carboxylic acids is 7. The van der Waals surface area contributed by atoms with Crippen molar-refractivity contribution in [3.63, 3.8) is 0 Å². The Labute approximate surface area is 394 Å². The summed E-state index contributed by atoms with van der Waals surface area (Å²) in [5.41, 5.74) is 1.27. The van der Waals surface area contributed by atoms with Crippen LogP contribution in [0, 0.1) is 0 Å². The van der Waals surface area contributed by atoms with Crippen LogP contribution in [0.15, 0.2) is 54.6 Å². The summed E-state index contributed by atoms with van der Waals surface area (Å²) in [6.45, 7) is 8.25. The van der Waals surface area contributed by atoms with Crippen LogP contribution in [0.2, 0.25) is 0 Å².